The van der Waals surface area contributed by atoms with Crippen LogP contribution in [0.2, 0.25) is 0 Å². The molecule has 136 valence electrons. The number of oxazole rings is 1. The van der Waals surface area contributed by atoms with Gasteiger partial charge < -0.3 is 19.9 Å². The van der Waals surface area contributed by atoms with E-state index in [-0.39, 0.29) is 30.5 Å². The average molecular weight is 366 g/mol. The fourth-order valence-electron chi connectivity index (χ4n) is 2.74. The molecule has 0 bridgehead atoms. The standard InChI is InChI=1S/C18H14N4O5/c23-7-6-22-15(25)9-12(18(22)26)20-10-3-4-11(13(24)8-10)17-21-16-14(27-17)2-1-5-19-16/h1-5,8-9,20,23-24H,6-7H2. The molecule has 4 rings (SSSR count). The van der Waals surface area contributed by atoms with E-state index >= 15 is 0 Å². The third-order valence-electron chi connectivity index (χ3n) is 4.01. The van der Waals surface area contributed by atoms with E-state index in [1.807, 2.05) is 0 Å². The highest BCUT2D eigenvalue weighted by molar-refractivity contribution is 6.17. The third-order valence-corrected chi connectivity index (χ3v) is 4.01. The maximum Gasteiger partial charge on any atom is 0.277 e. The number of anilines is 1. The molecule has 3 aromatic rings. The van der Waals surface area contributed by atoms with Gasteiger partial charge in [0.15, 0.2) is 11.2 Å². The maximum absolute atomic E-state index is 12.2. The molecule has 0 saturated heterocycles. The van der Waals surface area contributed by atoms with Gasteiger partial charge in [0.25, 0.3) is 11.8 Å². The van der Waals surface area contributed by atoms with Crippen molar-refractivity contribution < 1.29 is 24.2 Å². The fraction of sp³-hybridized carbons (Fsp3) is 0.111. The lowest BCUT2D eigenvalue weighted by Gasteiger charge is -2.13. The van der Waals surface area contributed by atoms with Crippen LogP contribution in [-0.2, 0) is 9.59 Å². The van der Waals surface area contributed by atoms with E-state index in [0.29, 0.717) is 22.5 Å². The van der Waals surface area contributed by atoms with E-state index in [1.165, 1.54) is 6.07 Å². The van der Waals surface area contributed by atoms with Gasteiger partial charge in [-0.2, -0.15) is 4.98 Å². The fourth-order valence-corrected chi connectivity index (χ4v) is 2.74. The van der Waals surface area contributed by atoms with Crippen LogP contribution >= 0.6 is 0 Å². The summed E-state index contributed by atoms with van der Waals surface area (Å²) in [6.07, 6.45) is 2.74. The second-order valence-corrected chi connectivity index (χ2v) is 5.78. The first kappa shape index (κ1) is 16.7. The van der Waals surface area contributed by atoms with Crippen LogP contribution in [-0.4, -0.2) is 50.0 Å². The Kier molecular flexibility index (Phi) is 4.05. The number of amides is 2. The van der Waals surface area contributed by atoms with Crippen molar-refractivity contribution in [2.24, 2.45) is 0 Å². The lowest BCUT2D eigenvalue weighted by Crippen LogP contribution is -2.34. The Morgan fingerprint density at radius 2 is 2.07 bits per heavy atom. The van der Waals surface area contributed by atoms with Crippen LogP contribution in [0, 0.1) is 0 Å². The van der Waals surface area contributed by atoms with E-state index in [4.69, 9.17) is 9.52 Å². The summed E-state index contributed by atoms with van der Waals surface area (Å²) in [6, 6.07) is 8.03. The number of benzene rings is 1. The van der Waals surface area contributed by atoms with Gasteiger partial charge in [0, 0.05) is 24.0 Å². The molecule has 1 aliphatic rings. The van der Waals surface area contributed by atoms with Crippen LogP contribution in [0.25, 0.3) is 22.7 Å². The van der Waals surface area contributed by atoms with Gasteiger partial charge >= 0.3 is 0 Å². The predicted octanol–water partition coefficient (Wildman–Crippen LogP) is 1.25. The summed E-state index contributed by atoms with van der Waals surface area (Å²) in [5, 5.41) is 22.0. The van der Waals surface area contributed by atoms with Gasteiger partial charge in [0.2, 0.25) is 5.89 Å². The number of hydrogen-bond donors (Lipinski definition) is 3. The summed E-state index contributed by atoms with van der Waals surface area (Å²) in [4.78, 5) is 33.2. The normalized spacial score (nSPS) is 14.1. The minimum atomic E-state index is -0.539. The zero-order valence-electron chi connectivity index (χ0n) is 13.9. The monoisotopic (exact) mass is 366 g/mol. The predicted molar refractivity (Wildman–Crippen MR) is 94.4 cm³/mol. The molecule has 1 aromatic carbocycles. The quantitative estimate of drug-likeness (QED) is 0.576. The van der Waals surface area contributed by atoms with E-state index in [2.05, 4.69) is 15.3 Å². The van der Waals surface area contributed by atoms with Crippen molar-refractivity contribution in [1.82, 2.24) is 14.9 Å². The number of carbonyl (C=O) groups is 2. The highest BCUT2D eigenvalue weighted by Crippen LogP contribution is 2.33. The SMILES string of the molecule is O=C1C=C(Nc2ccc(-c3nc4ncccc4o3)c(O)c2)C(=O)N1CCO. The number of fused-ring (bicyclic) bond motifs is 1. The van der Waals surface area contributed by atoms with E-state index in [0.717, 1.165) is 11.0 Å². The van der Waals surface area contributed by atoms with Crippen molar-refractivity contribution in [2.45, 2.75) is 0 Å². The van der Waals surface area contributed by atoms with Gasteiger partial charge in [-0.3, -0.25) is 14.5 Å². The smallest absolute Gasteiger partial charge is 0.277 e. The van der Waals surface area contributed by atoms with Gasteiger partial charge in [-0.05, 0) is 24.3 Å². The molecule has 0 atom stereocenters. The molecule has 1 aliphatic heterocycles. The number of aliphatic hydroxyl groups is 1. The van der Waals surface area contributed by atoms with Crippen molar-refractivity contribution in [3.8, 4) is 17.2 Å². The molecule has 0 radical (unpaired) electrons. The minimum Gasteiger partial charge on any atom is -0.507 e. The lowest BCUT2D eigenvalue weighted by molar-refractivity contribution is -0.137. The second kappa shape index (κ2) is 6.54. The van der Waals surface area contributed by atoms with E-state index in [1.54, 1.807) is 30.5 Å². The number of phenols is 1. The Morgan fingerprint density at radius 1 is 1.22 bits per heavy atom. The number of imide groups is 1. The molecule has 0 fully saturated rings. The number of nitrogens with zero attached hydrogens (tertiary/aromatic N) is 3. The van der Waals surface area contributed by atoms with Gasteiger partial charge in [-0.15, -0.1) is 0 Å². The Morgan fingerprint density at radius 3 is 2.81 bits per heavy atom. The summed E-state index contributed by atoms with van der Waals surface area (Å²) in [6.45, 7) is -0.386. The van der Waals surface area contributed by atoms with Crippen LogP contribution in [0.15, 0.2) is 52.7 Å². The van der Waals surface area contributed by atoms with E-state index < -0.39 is 11.8 Å². The number of carbonyl (C=O) groups excluding carboxylic acids is 2. The number of nitrogens with one attached hydrogen (secondary N) is 1. The number of aromatic hydroxyl groups is 1. The number of hydrogen-bond acceptors (Lipinski definition) is 8. The zero-order valence-corrected chi connectivity index (χ0v) is 13.9. The molecule has 0 spiro atoms. The van der Waals surface area contributed by atoms with Gasteiger partial charge in [-0.1, -0.05) is 0 Å². The van der Waals surface area contributed by atoms with E-state index in [9.17, 15) is 14.7 Å². The Bertz CT molecular complexity index is 1060. The van der Waals surface area contributed by atoms with Crippen LogP contribution < -0.4 is 5.32 Å². The van der Waals surface area contributed by atoms with Gasteiger partial charge in [-0.25, -0.2) is 4.98 Å². The number of aromatic nitrogens is 2. The molecule has 3 heterocycles. The molecular formula is C18H14N4O5. The molecule has 3 N–H and O–H groups in total. The number of β-amino-alcohol motifs (C(OH)–C–C–N with tert-alkyl or cyclic N) is 1. The summed E-state index contributed by atoms with van der Waals surface area (Å²) >= 11 is 0. The lowest BCUT2D eigenvalue weighted by atomic mass is 10.1. The molecule has 27 heavy (non-hydrogen) atoms. The Balaban J connectivity index is 1.58. The molecule has 0 aliphatic carbocycles. The van der Waals surface area contributed by atoms with Crippen LogP contribution in [0.4, 0.5) is 5.69 Å². The topological polar surface area (TPSA) is 129 Å². The van der Waals surface area contributed by atoms with Crippen LogP contribution in [0.1, 0.15) is 0 Å². The molecule has 0 unspecified atom stereocenters. The minimum absolute atomic E-state index is 0.0617. The largest absolute Gasteiger partial charge is 0.507 e. The Labute approximate surface area is 152 Å². The average Bonchev–Trinajstić information content (AvgIpc) is 3.18. The third kappa shape index (κ3) is 3.00. The second-order valence-electron chi connectivity index (χ2n) is 5.78. The summed E-state index contributed by atoms with van der Waals surface area (Å²) in [5.74, 6) is -0.941. The Hall–Kier alpha value is -3.72. The molecular weight excluding hydrogens is 352 g/mol. The summed E-state index contributed by atoms with van der Waals surface area (Å²) in [7, 11) is 0. The number of rotatable bonds is 5. The van der Waals surface area contributed by atoms with Crippen molar-refractivity contribution >= 4 is 28.7 Å². The highest BCUT2D eigenvalue weighted by Gasteiger charge is 2.30. The molecule has 2 amide bonds. The molecule has 9 heteroatoms. The summed E-state index contributed by atoms with van der Waals surface area (Å²) < 4.78 is 5.59. The van der Waals surface area contributed by atoms with Crippen molar-refractivity contribution in [3.63, 3.8) is 0 Å². The van der Waals surface area contributed by atoms with Crippen molar-refractivity contribution in [1.29, 1.82) is 0 Å². The van der Waals surface area contributed by atoms with Crippen LogP contribution in [0.3, 0.4) is 0 Å². The molecule has 0 saturated carbocycles. The maximum atomic E-state index is 12.2. The zero-order chi connectivity index (χ0) is 19.0. The summed E-state index contributed by atoms with van der Waals surface area (Å²) in [5.41, 5.74) is 1.76. The first-order valence-corrected chi connectivity index (χ1v) is 8.07. The van der Waals surface area contributed by atoms with Crippen molar-refractivity contribution in [2.75, 3.05) is 18.5 Å². The van der Waals surface area contributed by atoms with Gasteiger partial charge in [0.1, 0.15) is 11.4 Å². The first-order chi connectivity index (χ1) is 13.1. The van der Waals surface area contributed by atoms with Gasteiger partial charge in [0.05, 0.1) is 18.7 Å². The number of pyridine rings is 1. The van der Waals surface area contributed by atoms with Crippen LogP contribution in [0.5, 0.6) is 5.75 Å². The number of phenolic OH excluding ortho intramolecular Hbond substituents is 1. The number of aliphatic hydroxyl groups excluding tert-OH is 1. The first-order valence-electron chi connectivity index (χ1n) is 8.07. The van der Waals surface area contributed by atoms with Crippen molar-refractivity contribution in [3.05, 3.63) is 48.3 Å². The molecule has 2 aromatic heterocycles. The highest BCUT2D eigenvalue weighted by atomic mass is 16.4. The molecule has 9 nitrogen and oxygen atoms in total.